The second-order valence-electron chi connectivity index (χ2n) is 5.90. The summed E-state index contributed by atoms with van der Waals surface area (Å²) in [5, 5.41) is 0. The van der Waals surface area contributed by atoms with E-state index in [-0.39, 0.29) is 0 Å². The molecule has 0 aliphatic carbocycles. The number of rotatable bonds is 4. The van der Waals surface area contributed by atoms with Crippen LogP contribution < -0.4 is 0 Å². The predicted molar refractivity (Wildman–Crippen MR) is 106 cm³/mol. The predicted octanol–water partition coefficient (Wildman–Crippen LogP) is 5.88. The van der Waals surface area contributed by atoms with E-state index in [0.717, 1.165) is 32.1 Å². The van der Waals surface area contributed by atoms with Crippen LogP contribution in [0.4, 0.5) is 0 Å². The highest BCUT2D eigenvalue weighted by Crippen LogP contribution is 2.25. The maximum absolute atomic E-state index is 13.0. The van der Waals surface area contributed by atoms with Crippen molar-refractivity contribution >= 4 is 22.4 Å². The van der Waals surface area contributed by atoms with Crippen LogP contribution >= 0.6 is 0 Å². The molecule has 0 fully saturated rings. The number of benzene rings is 3. The summed E-state index contributed by atoms with van der Waals surface area (Å²) in [5.74, 6) is 0. The molecular formula is C23H20OS. The molecule has 25 heavy (non-hydrogen) atoms. The van der Waals surface area contributed by atoms with Crippen LogP contribution in [0.1, 0.15) is 23.6 Å². The van der Waals surface area contributed by atoms with Crippen molar-refractivity contribution < 1.29 is 4.21 Å². The SMILES string of the molecule is CC(=C=Cc1ccccc1)c1ccccc1S(=O)c1ccc(C)cc1. The Balaban J connectivity index is 1.99. The second kappa shape index (κ2) is 7.94. The van der Waals surface area contributed by atoms with E-state index >= 15 is 0 Å². The molecule has 0 N–H and O–H groups in total. The highest BCUT2D eigenvalue weighted by Gasteiger charge is 2.12. The first-order chi connectivity index (χ1) is 12.1. The lowest BCUT2D eigenvalue weighted by Gasteiger charge is -2.09. The molecule has 0 aliphatic rings. The van der Waals surface area contributed by atoms with Gasteiger partial charge in [0, 0.05) is 10.5 Å². The molecule has 0 heterocycles. The minimum absolute atomic E-state index is 0.817. The third kappa shape index (κ3) is 4.24. The molecular weight excluding hydrogens is 324 g/mol. The van der Waals surface area contributed by atoms with Crippen molar-refractivity contribution in [3.8, 4) is 0 Å². The summed E-state index contributed by atoms with van der Waals surface area (Å²) in [6, 6.07) is 25.8. The zero-order valence-corrected chi connectivity index (χ0v) is 15.2. The Kier molecular flexibility index (Phi) is 5.45. The smallest absolute Gasteiger partial charge is 0.0856 e. The fourth-order valence-corrected chi connectivity index (χ4v) is 3.81. The largest absolute Gasteiger partial charge is 0.249 e. The van der Waals surface area contributed by atoms with Gasteiger partial charge in [-0.25, -0.2) is 4.21 Å². The lowest BCUT2D eigenvalue weighted by Crippen LogP contribution is -1.97. The molecule has 0 bridgehead atoms. The number of hydrogen-bond donors (Lipinski definition) is 0. The van der Waals surface area contributed by atoms with Gasteiger partial charge in [0.2, 0.25) is 0 Å². The number of allylic oxidation sites excluding steroid dienone is 1. The average Bonchev–Trinajstić information content (AvgIpc) is 2.67. The molecule has 1 unspecified atom stereocenters. The van der Waals surface area contributed by atoms with Gasteiger partial charge in [0.25, 0.3) is 0 Å². The van der Waals surface area contributed by atoms with Crippen molar-refractivity contribution in [1.82, 2.24) is 0 Å². The maximum Gasteiger partial charge on any atom is 0.0856 e. The van der Waals surface area contributed by atoms with E-state index in [2.05, 4.69) is 5.73 Å². The average molecular weight is 344 g/mol. The first-order valence-electron chi connectivity index (χ1n) is 8.21. The molecule has 0 aliphatic heterocycles. The first-order valence-corrected chi connectivity index (χ1v) is 9.36. The normalized spacial score (nSPS) is 11.4. The van der Waals surface area contributed by atoms with Crippen molar-refractivity contribution in [3.63, 3.8) is 0 Å². The van der Waals surface area contributed by atoms with Crippen LogP contribution in [0.5, 0.6) is 0 Å². The summed E-state index contributed by atoms with van der Waals surface area (Å²) in [6.45, 7) is 4.03. The zero-order chi connectivity index (χ0) is 17.6. The minimum atomic E-state index is -1.21. The van der Waals surface area contributed by atoms with Gasteiger partial charge in [0.15, 0.2) is 0 Å². The highest BCUT2D eigenvalue weighted by molar-refractivity contribution is 7.85. The van der Waals surface area contributed by atoms with Gasteiger partial charge in [-0.3, -0.25) is 0 Å². The third-order valence-corrected chi connectivity index (χ3v) is 5.44. The molecule has 124 valence electrons. The molecule has 3 rings (SSSR count). The van der Waals surface area contributed by atoms with Gasteiger partial charge in [-0.15, -0.1) is 5.73 Å². The van der Waals surface area contributed by atoms with E-state index in [9.17, 15) is 4.21 Å². The van der Waals surface area contributed by atoms with E-state index in [1.807, 2.05) is 98.8 Å². The van der Waals surface area contributed by atoms with Gasteiger partial charge in [0.05, 0.1) is 15.7 Å². The zero-order valence-electron chi connectivity index (χ0n) is 14.4. The van der Waals surface area contributed by atoms with E-state index in [4.69, 9.17) is 0 Å². The van der Waals surface area contributed by atoms with Crippen LogP contribution in [0, 0.1) is 6.92 Å². The summed E-state index contributed by atoms with van der Waals surface area (Å²) in [4.78, 5) is 1.63. The van der Waals surface area contributed by atoms with Crippen LogP contribution in [0.25, 0.3) is 11.6 Å². The Bertz CT molecular complexity index is 947. The quantitative estimate of drug-likeness (QED) is 0.540. The fraction of sp³-hybridized carbons (Fsp3) is 0.0870. The molecule has 3 aromatic carbocycles. The molecule has 0 radical (unpaired) electrons. The molecule has 0 saturated heterocycles. The molecule has 1 nitrogen and oxygen atoms in total. The monoisotopic (exact) mass is 344 g/mol. The molecule has 0 saturated carbocycles. The molecule has 0 spiro atoms. The van der Waals surface area contributed by atoms with Crippen LogP contribution in [0.15, 0.2) is 94.4 Å². The summed E-state index contributed by atoms with van der Waals surface area (Å²) in [6.07, 6.45) is 1.96. The lowest BCUT2D eigenvalue weighted by atomic mass is 10.1. The highest BCUT2D eigenvalue weighted by atomic mass is 32.2. The number of aryl methyl sites for hydroxylation is 1. The Morgan fingerprint density at radius 2 is 1.52 bits per heavy atom. The minimum Gasteiger partial charge on any atom is -0.249 e. The van der Waals surface area contributed by atoms with Gasteiger partial charge in [0.1, 0.15) is 0 Å². The summed E-state index contributed by atoms with van der Waals surface area (Å²) >= 11 is 0. The topological polar surface area (TPSA) is 17.1 Å². The second-order valence-corrected chi connectivity index (χ2v) is 7.35. The fourth-order valence-electron chi connectivity index (χ4n) is 2.55. The van der Waals surface area contributed by atoms with Crippen molar-refractivity contribution in [1.29, 1.82) is 0 Å². The van der Waals surface area contributed by atoms with E-state index in [1.54, 1.807) is 0 Å². The third-order valence-electron chi connectivity index (χ3n) is 3.98. The van der Waals surface area contributed by atoms with E-state index in [0.29, 0.717) is 0 Å². The Morgan fingerprint density at radius 3 is 2.24 bits per heavy atom. The Hall–Kier alpha value is -2.67. The molecule has 3 aromatic rings. The Morgan fingerprint density at radius 1 is 0.880 bits per heavy atom. The van der Waals surface area contributed by atoms with Crippen molar-refractivity contribution in [3.05, 3.63) is 101 Å². The molecule has 0 aromatic heterocycles. The van der Waals surface area contributed by atoms with Gasteiger partial charge >= 0.3 is 0 Å². The van der Waals surface area contributed by atoms with Crippen molar-refractivity contribution in [2.45, 2.75) is 23.6 Å². The van der Waals surface area contributed by atoms with Gasteiger partial charge in [-0.1, -0.05) is 66.2 Å². The van der Waals surface area contributed by atoms with Crippen molar-refractivity contribution in [2.75, 3.05) is 0 Å². The first kappa shape index (κ1) is 17.2. The van der Waals surface area contributed by atoms with Crippen molar-refractivity contribution in [2.24, 2.45) is 0 Å². The number of hydrogen-bond acceptors (Lipinski definition) is 1. The van der Waals surface area contributed by atoms with E-state index < -0.39 is 10.8 Å². The van der Waals surface area contributed by atoms with E-state index in [1.165, 1.54) is 0 Å². The van der Waals surface area contributed by atoms with Gasteiger partial charge in [-0.2, -0.15) is 0 Å². The standard InChI is InChI=1S/C23H20OS/c1-18-12-16-21(17-13-18)25(24)23-11-7-6-10-22(23)19(2)14-15-20-8-4-3-5-9-20/h3-13,15-17H,1-2H3. The van der Waals surface area contributed by atoms with Gasteiger partial charge in [-0.05, 0) is 49.3 Å². The summed E-state index contributed by atoms with van der Waals surface area (Å²) in [5.41, 5.74) is 7.53. The Labute approximate surface area is 151 Å². The van der Waals surface area contributed by atoms with Crippen LogP contribution in [0.2, 0.25) is 0 Å². The molecule has 0 amide bonds. The molecule has 1 atom stereocenters. The van der Waals surface area contributed by atoms with Gasteiger partial charge < -0.3 is 0 Å². The molecule has 2 heteroatoms. The van der Waals surface area contributed by atoms with Crippen LogP contribution in [-0.4, -0.2) is 4.21 Å². The summed E-state index contributed by atoms with van der Waals surface area (Å²) < 4.78 is 13.0. The lowest BCUT2D eigenvalue weighted by molar-refractivity contribution is 0.683. The van der Waals surface area contributed by atoms with Crippen LogP contribution in [0.3, 0.4) is 0 Å². The maximum atomic E-state index is 13.0. The van der Waals surface area contributed by atoms with Crippen LogP contribution in [-0.2, 0) is 10.8 Å². The summed E-state index contributed by atoms with van der Waals surface area (Å²) in [7, 11) is -1.21.